The van der Waals surface area contributed by atoms with E-state index in [9.17, 15) is 4.79 Å². The second-order valence-corrected chi connectivity index (χ2v) is 8.69. The van der Waals surface area contributed by atoms with Crippen molar-refractivity contribution < 1.29 is 0 Å². The van der Waals surface area contributed by atoms with Gasteiger partial charge in [0.25, 0.3) is 0 Å². The van der Waals surface area contributed by atoms with Gasteiger partial charge >= 0.3 is 5.69 Å². The average Bonchev–Trinajstić information content (AvgIpc) is 3.43. The lowest BCUT2D eigenvalue weighted by molar-refractivity contribution is 0.525. The molecule has 5 rings (SSSR count). The van der Waals surface area contributed by atoms with Gasteiger partial charge in [0.05, 0.1) is 17.0 Å². The fraction of sp³-hybridized carbons (Fsp3) is 0.333. The van der Waals surface area contributed by atoms with Gasteiger partial charge in [-0.1, -0.05) is 29.9 Å². The van der Waals surface area contributed by atoms with E-state index in [4.69, 9.17) is 33.8 Å². The molecule has 28 heavy (non-hydrogen) atoms. The summed E-state index contributed by atoms with van der Waals surface area (Å²) < 4.78 is 1.87. The molecule has 2 aliphatic carbocycles. The Hall–Kier alpha value is -2.31. The Bertz CT molecular complexity index is 1230. The molecule has 0 bridgehead atoms. The first-order valence-electron chi connectivity index (χ1n) is 9.34. The molecule has 1 atom stereocenters. The molecule has 1 aliphatic heterocycles. The molecule has 1 aromatic carbocycles. The molecular weight excluding hydrogens is 392 g/mol. The SMILES string of the molecule is Cn1cc(C2(C)N=C3Cc4ccc(Cl)cc4C=C(C4CC4)C3=N2)c(=S)[nH]c1=O. The largest absolute Gasteiger partial charge is 0.326 e. The van der Waals surface area contributed by atoms with E-state index < -0.39 is 5.66 Å². The Balaban J connectivity index is 1.70. The third-order valence-electron chi connectivity index (χ3n) is 5.64. The van der Waals surface area contributed by atoms with Crippen molar-refractivity contribution >= 4 is 41.3 Å². The molecule has 3 aliphatic rings. The molecule has 1 unspecified atom stereocenters. The van der Waals surface area contributed by atoms with Gasteiger partial charge in [0.2, 0.25) is 0 Å². The molecule has 142 valence electrons. The molecule has 2 heterocycles. The highest BCUT2D eigenvalue weighted by Crippen LogP contribution is 2.44. The number of aryl methyl sites for hydroxylation is 1. The van der Waals surface area contributed by atoms with E-state index >= 15 is 0 Å². The van der Waals surface area contributed by atoms with Gasteiger partial charge in [0.15, 0.2) is 5.66 Å². The number of hydrogen-bond acceptors (Lipinski definition) is 4. The average molecular weight is 411 g/mol. The van der Waals surface area contributed by atoms with Crippen molar-refractivity contribution in [2.24, 2.45) is 23.0 Å². The van der Waals surface area contributed by atoms with E-state index in [2.05, 4.69) is 17.1 Å². The summed E-state index contributed by atoms with van der Waals surface area (Å²) in [4.78, 5) is 24.7. The number of hydrogen-bond donors (Lipinski definition) is 1. The lowest BCUT2D eigenvalue weighted by Gasteiger charge is -2.19. The van der Waals surface area contributed by atoms with Crippen molar-refractivity contribution in [2.45, 2.75) is 31.8 Å². The van der Waals surface area contributed by atoms with Crippen molar-refractivity contribution in [1.82, 2.24) is 9.55 Å². The number of allylic oxidation sites excluding steroid dienone is 1. The number of nitrogens with zero attached hydrogens (tertiary/aromatic N) is 3. The molecule has 1 N–H and O–H groups in total. The monoisotopic (exact) mass is 410 g/mol. The zero-order chi connectivity index (χ0) is 19.6. The number of H-pyrrole nitrogens is 1. The maximum Gasteiger partial charge on any atom is 0.326 e. The Morgan fingerprint density at radius 1 is 1.32 bits per heavy atom. The van der Waals surface area contributed by atoms with Crippen LogP contribution in [0.2, 0.25) is 5.02 Å². The first-order valence-corrected chi connectivity index (χ1v) is 10.1. The number of aromatic amines is 1. The standard InChI is InChI=1S/C21H19ClN4OS/c1-21(16-10-26(2)20(27)23-19(16)28)24-17-9-12-5-6-14(22)7-13(12)8-15(11-3-4-11)18(17)25-21/h5-8,10-11H,3-4,9H2,1-2H3,(H,23,27,28). The molecule has 5 nitrogen and oxygen atoms in total. The predicted molar refractivity (Wildman–Crippen MR) is 115 cm³/mol. The third-order valence-corrected chi connectivity index (χ3v) is 6.20. The molecule has 7 heteroatoms. The zero-order valence-corrected chi connectivity index (χ0v) is 17.2. The number of aliphatic imine (C=N–C) groups is 2. The number of aromatic nitrogens is 2. The summed E-state index contributed by atoms with van der Waals surface area (Å²) in [5.74, 6) is 0.519. The van der Waals surface area contributed by atoms with Crippen LogP contribution >= 0.6 is 23.8 Å². The molecule has 0 spiro atoms. The molecule has 0 radical (unpaired) electrons. The number of benzene rings is 1. The van der Waals surface area contributed by atoms with Gasteiger partial charge in [-0.15, -0.1) is 0 Å². The second-order valence-electron chi connectivity index (χ2n) is 7.85. The van der Waals surface area contributed by atoms with Crippen molar-refractivity contribution in [3.05, 3.63) is 66.8 Å². The topological polar surface area (TPSA) is 62.5 Å². The smallest absolute Gasteiger partial charge is 0.303 e. The summed E-state index contributed by atoms with van der Waals surface area (Å²) in [7, 11) is 1.70. The van der Waals surface area contributed by atoms with Gasteiger partial charge in [-0.3, -0.25) is 9.98 Å². The van der Waals surface area contributed by atoms with E-state index in [0.717, 1.165) is 27.6 Å². The van der Waals surface area contributed by atoms with E-state index in [1.54, 1.807) is 13.2 Å². The molecule has 1 fully saturated rings. The maximum atomic E-state index is 11.9. The minimum Gasteiger partial charge on any atom is -0.303 e. The highest BCUT2D eigenvalue weighted by molar-refractivity contribution is 7.71. The highest BCUT2D eigenvalue weighted by atomic mass is 35.5. The Morgan fingerprint density at radius 3 is 2.86 bits per heavy atom. The van der Waals surface area contributed by atoms with E-state index in [1.807, 2.05) is 19.1 Å². The molecule has 1 saturated carbocycles. The minimum absolute atomic E-state index is 0.241. The van der Waals surface area contributed by atoms with Crippen LogP contribution in [-0.2, 0) is 19.1 Å². The number of rotatable bonds is 2. The van der Waals surface area contributed by atoms with Crippen LogP contribution in [0.3, 0.4) is 0 Å². The molecular formula is C21H19ClN4OS. The van der Waals surface area contributed by atoms with Crippen LogP contribution in [-0.4, -0.2) is 21.0 Å². The summed E-state index contributed by atoms with van der Waals surface area (Å²) in [6.45, 7) is 1.96. The Morgan fingerprint density at radius 2 is 2.11 bits per heavy atom. The lowest BCUT2D eigenvalue weighted by Crippen LogP contribution is -2.25. The van der Waals surface area contributed by atoms with Crippen LogP contribution in [0.1, 0.15) is 36.5 Å². The van der Waals surface area contributed by atoms with Gasteiger partial charge in [-0.05, 0) is 60.6 Å². The first kappa shape index (κ1) is 17.8. The van der Waals surface area contributed by atoms with E-state index in [-0.39, 0.29) is 5.69 Å². The fourth-order valence-corrected chi connectivity index (χ4v) is 4.50. The lowest BCUT2D eigenvalue weighted by atomic mass is 10.0. The molecule has 0 saturated heterocycles. The number of halogens is 1. The molecule has 2 aromatic rings. The normalized spacial score (nSPS) is 23.3. The van der Waals surface area contributed by atoms with Gasteiger partial charge < -0.3 is 4.57 Å². The van der Waals surface area contributed by atoms with E-state index in [1.165, 1.54) is 28.5 Å². The quantitative estimate of drug-likeness (QED) is 0.753. The summed E-state index contributed by atoms with van der Waals surface area (Å²) in [6, 6.07) is 6.01. The van der Waals surface area contributed by atoms with Crippen molar-refractivity contribution in [2.75, 3.05) is 0 Å². The van der Waals surface area contributed by atoms with Crippen LogP contribution in [0.4, 0.5) is 0 Å². The van der Waals surface area contributed by atoms with Gasteiger partial charge in [0.1, 0.15) is 4.64 Å². The van der Waals surface area contributed by atoms with Gasteiger partial charge in [-0.2, -0.15) is 0 Å². The second kappa shape index (κ2) is 6.09. The van der Waals surface area contributed by atoms with Crippen LogP contribution in [0.5, 0.6) is 0 Å². The zero-order valence-electron chi connectivity index (χ0n) is 15.6. The van der Waals surface area contributed by atoms with Crippen LogP contribution < -0.4 is 5.69 Å². The van der Waals surface area contributed by atoms with Crippen molar-refractivity contribution in [3.8, 4) is 0 Å². The number of nitrogens with one attached hydrogen (secondary N) is 1. The first-order chi connectivity index (χ1) is 13.3. The van der Waals surface area contributed by atoms with Gasteiger partial charge in [-0.25, -0.2) is 9.79 Å². The predicted octanol–water partition coefficient (Wildman–Crippen LogP) is 4.21. The van der Waals surface area contributed by atoms with Crippen LogP contribution in [0.15, 0.2) is 44.7 Å². The highest BCUT2D eigenvalue weighted by Gasteiger charge is 2.40. The summed E-state index contributed by atoms with van der Waals surface area (Å²) in [6.07, 6.45) is 7.02. The molecule has 0 amide bonds. The summed E-state index contributed by atoms with van der Waals surface area (Å²) >= 11 is 11.7. The summed E-state index contributed by atoms with van der Waals surface area (Å²) in [5.41, 5.74) is 5.20. The fourth-order valence-electron chi connectivity index (χ4n) is 3.98. The number of fused-ring (bicyclic) bond motifs is 2. The molecule has 1 aromatic heterocycles. The Kier molecular flexibility index (Phi) is 3.87. The third kappa shape index (κ3) is 2.83. The summed E-state index contributed by atoms with van der Waals surface area (Å²) in [5, 5.41) is 0.738. The Labute approximate surface area is 172 Å². The maximum absolute atomic E-state index is 11.9. The van der Waals surface area contributed by atoms with Crippen LogP contribution in [0, 0.1) is 10.6 Å². The van der Waals surface area contributed by atoms with Gasteiger partial charge in [0, 0.05) is 24.7 Å². The van der Waals surface area contributed by atoms with Crippen molar-refractivity contribution in [1.29, 1.82) is 0 Å². The minimum atomic E-state index is -0.832. The van der Waals surface area contributed by atoms with Crippen molar-refractivity contribution in [3.63, 3.8) is 0 Å². The van der Waals surface area contributed by atoms with Crippen LogP contribution in [0.25, 0.3) is 6.08 Å². The van der Waals surface area contributed by atoms with E-state index in [0.29, 0.717) is 17.0 Å².